The van der Waals surface area contributed by atoms with Crippen LogP contribution in [0.15, 0.2) is 53.4 Å². The molecule has 3 unspecified atom stereocenters. The van der Waals surface area contributed by atoms with Crippen LogP contribution in [0.5, 0.6) is 5.75 Å². The van der Waals surface area contributed by atoms with Crippen LogP contribution in [0.2, 0.25) is 0 Å². The molecule has 0 amide bonds. The van der Waals surface area contributed by atoms with Crippen molar-refractivity contribution in [1.29, 1.82) is 0 Å². The SMILES string of the molecule is Cc1ccc(S(=O)Oc2ccc(C(C)N3CCN(C4CCOC4=O)CC3)cc2)cc1. The molecular weight excluding hydrogens is 400 g/mol. The highest BCUT2D eigenvalue weighted by atomic mass is 32.2. The number of benzene rings is 2. The standard InChI is InChI=1S/C23H28N2O4S/c1-17-3-9-21(10-4-17)30(27)29-20-7-5-19(6-8-20)18(2)24-12-14-25(15-13-24)22-11-16-28-23(22)26/h3-10,18,22H,11-16H2,1-2H3. The van der Waals surface area contributed by atoms with Gasteiger partial charge in [0.2, 0.25) is 11.1 Å². The molecule has 2 aromatic rings. The van der Waals surface area contributed by atoms with E-state index in [1.807, 2.05) is 55.5 Å². The van der Waals surface area contributed by atoms with E-state index in [-0.39, 0.29) is 18.1 Å². The van der Waals surface area contributed by atoms with Gasteiger partial charge in [-0.2, -0.15) is 0 Å². The number of cyclic esters (lactones) is 1. The van der Waals surface area contributed by atoms with Gasteiger partial charge in [0.05, 0.1) is 11.5 Å². The second-order valence-electron chi connectivity index (χ2n) is 7.92. The van der Waals surface area contributed by atoms with Crippen LogP contribution in [0.1, 0.15) is 30.5 Å². The maximum atomic E-state index is 12.4. The minimum Gasteiger partial charge on any atom is -0.464 e. The van der Waals surface area contributed by atoms with Crippen molar-refractivity contribution in [2.45, 2.75) is 37.2 Å². The maximum Gasteiger partial charge on any atom is 0.323 e. The lowest BCUT2D eigenvalue weighted by Crippen LogP contribution is -2.52. The topological polar surface area (TPSA) is 59.1 Å². The first-order valence-electron chi connectivity index (χ1n) is 10.4. The third-order valence-electron chi connectivity index (χ3n) is 5.99. The Labute approximate surface area is 180 Å². The normalized spacial score (nSPS) is 22.5. The lowest BCUT2D eigenvalue weighted by Gasteiger charge is -2.39. The van der Waals surface area contributed by atoms with E-state index in [0.717, 1.165) is 38.2 Å². The molecule has 0 aliphatic carbocycles. The average molecular weight is 429 g/mol. The monoisotopic (exact) mass is 428 g/mol. The van der Waals surface area contributed by atoms with Crippen LogP contribution in [0, 0.1) is 6.92 Å². The van der Waals surface area contributed by atoms with Crippen LogP contribution < -0.4 is 4.18 Å². The average Bonchev–Trinajstić information content (AvgIpc) is 3.20. The summed E-state index contributed by atoms with van der Waals surface area (Å²) in [6, 6.07) is 15.5. The van der Waals surface area contributed by atoms with E-state index in [2.05, 4.69) is 16.7 Å². The number of esters is 1. The van der Waals surface area contributed by atoms with Crippen LogP contribution in [-0.2, 0) is 20.6 Å². The summed E-state index contributed by atoms with van der Waals surface area (Å²) in [5.41, 5.74) is 2.32. The van der Waals surface area contributed by atoms with Gasteiger partial charge >= 0.3 is 5.97 Å². The second-order valence-corrected chi connectivity index (χ2v) is 9.03. The number of hydrogen-bond donors (Lipinski definition) is 0. The summed E-state index contributed by atoms with van der Waals surface area (Å²) in [4.78, 5) is 17.1. The van der Waals surface area contributed by atoms with Crippen molar-refractivity contribution in [1.82, 2.24) is 9.80 Å². The number of piperazine rings is 1. The molecule has 4 rings (SSSR count). The third kappa shape index (κ3) is 4.74. The third-order valence-corrected chi connectivity index (χ3v) is 6.99. The highest BCUT2D eigenvalue weighted by molar-refractivity contribution is 7.80. The lowest BCUT2D eigenvalue weighted by molar-refractivity contribution is -0.142. The highest BCUT2D eigenvalue weighted by Gasteiger charge is 2.34. The van der Waals surface area contributed by atoms with Crippen LogP contribution in [0.3, 0.4) is 0 Å². The Kier molecular flexibility index (Phi) is 6.51. The number of carbonyl (C=O) groups is 1. The fourth-order valence-electron chi connectivity index (χ4n) is 4.05. The van der Waals surface area contributed by atoms with Crippen LogP contribution >= 0.6 is 0 Å². The minimum atomic E-state index is -1.53. The Hall–Kier alpha value is -2.22. The summed E-state index contributed by atoms with van der Waals surface area (Å²) in [6.07, 6.45) is 0.805. The predicted octanol–water partition coefficient (Wildman–Crippen LogP) is 3.09. The molecule has 6 nitrogen and oxygen atoms in total. The molecule has 7 heteroatoms. The highest BCUT2D eigenvalue weighted by Crippen LogP contribution is 2.26. The van der Waals surface area contributed by atoms with E-state index < -0.39 is 11.1 Å². The van der Waals surface area contributed by atoms with Gasteiger partial charge in [-0.05, 0) is 43.7 Å². The van der Waals surface area contributed by atoms with Gasteiger partial charge in [-0.15, -0.1) is 0 Å². The van der Waals surface area contributed by atoms with Crippen molar-refractivity contribution in [3.8, 4) is 5.75 Å². The Morgan fingerprint density at radius 1 is 1.03 bits per heavy atom. The van der Waals surface area contributed by atoms with Crippen LogP contribution in [-0.4, -0.2) is 58.8 Å². The van der Waals surface area contributed by atoms with Gasteiger partial charge in [-0.1, -0.05) is 29.8 Å². The van der Waals surface area contributed by atoms with Gasteiger partial charge in [0.1, 0.15) is 11.8 Å². The zero-order valence-electron chi connectivity index (χ0n) is 17.5. The summed E-state index contributed by atoms with van der Waals surface area (Å²) >= 11 is -1.53. The van der Waals surface area contributed by atoms with E-state index in [0.29, 0.717) is 17.3 Å². The zero-order valence-corrected chi connectivity index (χ0v) is 18.3. The van der Waals surface area contributed by atoms with Gasteiger partial charge in [0.25, 0.3) is 0 Å². The van der Waals surface area contributed by atoms with Crippen molar-refractivity contribution in [3.05, 3.63) is 59.7 Å². The molecule has 3 atom stereocenters. The Morgan fingerprint density at radius 2 is 1.70 bits per heavy atom. The Balaban J connectivity index is 1.32. The number of carbonyl (C=O) groups excluding carboxylic acids is 1. The largest absolute Gasteiger partial charge is 0.464 e. The summed E-state index contributed by atoms with van der Waals surface area (Å²) in [6.45, 7) is 8.32. The first kappa shape index (κ1) is 21.0. The zero-order chi connectivity index (χ0) is 21.1. The molecule has 0 radical (unpaired) electrons. The maximum absolute atomic E-state index is 12.4. The number of aryl methyl sites for hydroxylation is 1. The first-order chi connectivity index (χ1) is 14.5. The molecular formula is C23H28N2O4S. The molecule has 2 fully saturated rings. The molecule has 2 aromatic carbocycles. The molecule has 2 heterocycles. The molecule has 0 bridgehead atoms. The van der Waals surface area contributed by atoms with E-state index >= 15 is 0 Å². The van der Waals surface area contributed by atoms with Gasteiger partial charge in [-0.3, -0.25) is 14.6 Å². The number of nitrogens with zero attached hydrogens (tertiary/aromatic N) is 2. The van der Waals surface area contributed by atoms with E-state index in [1.165, 1.54) is 5.56 Å². The Bertz CT molecular complexity index is 892. The fraction of sp³-hybridized carbons (Fsp3) is 0.435. The van der Waals surface area contributed by atoms with Crippen molar-refractivity contribution in [2.24, 2.45) is 0 Å². The quantitative estimate of drug-likeness (QED) is 0.659. The summed E-state index contributed by atoms with van der Waals surface area (Å²) in [5.74, 6) is 0.518. The number of rotatable bonds is 6. The predicted molar refractivity (Wildman–Crippen MR) is 116 cm³/mol. The molecule has 2 aliphatic rings. The van der Waals surface area contributed by atoms with E-state index in [9.17, 15) is 9.00 Å². The fourth-order valence-corrected chi connectivity index (χ4v) is 4.79. The summed E-state index contributed by atoms with van der Waals surface area (Å²) in [5, 5.41) is 0. The minimum absolute atomic E-state index is 0.0618. The first-order valence-corrected chi connectivity index (χ1v) is 11.5. The van der Waals surface area contributed by atoms with Gasteiger partial charge in [0, 0.05) is 38.6 Å². The van der Waals surface area contributed by atoms with Gasteiger partial charge in [0.15, 0.2) is 0 Å². The molecule has 0 spiro atoms. The number of hydrogen-bond acceptors (Lipinski definition) is 6. The van der Waals surface area contributed by atoms with Crippen molar-refractivity contribution in [2.75, 3.05) is 32.8 Å². The lowest BCUT2D eigenvalue weighted by atomic mass is 10.1. The Morgan fingerprint density at radius 3 is 2.30 bits per heavy atom. The molecule has 0 N–H and O–H groups in total. The summed E-state index contributed by atoms with van der Waals surface area (Å²) in [7, 11) is 0. The van der Waals surface area contributed by atoms with Crippen molar-refractivity contribution < 1.29 is 17.9 Å². The van der Waals surface area contributed by atoms with Crippen molar-refractivity contribution >= 4 is 17.0 Å². The second kappa shape index (κ2) is 9.29. The number of ether oxygens (including phenoxy) is 1. The molecule has 0 aromatic heterocycles. The smallest absolute Gasteiger partial charge is 0.323 e. The molecule has 160 valence electrons. The van der Waals surface area contributed by atoms with Gasteiger partial charge in [-0.25, -0.2) is 4.21 Å². The van der Waals surface area contributed by atoms with Crippen LogP contribution in [0.25, 0.3) is 0 Å². The molecule has 0 saturated carbocycles. The summed E-state index contributed by atoms with van der Waals surface area (Å²) < 4.78 is 23.1. The van der Waals surface area contributed by atoms with Gasteiger partial charge < -0.3 is 8.92 Å². The van der Waals surface area contributed by atoms with E-state index in [1.54, 1.807) is 0 Å². The molecule has 30 heavy (non-hydrogen) atoms. The van der Waals surface area contributed by atoms with E-state index in [4.69, 9.17) is 8.92 Å². The molecule has 2 saturated heterocycles. The van der Waals surface area contributed by atoms with Crippen LogP contribution in [0.4, 0.5) is 0 Å². The molecule has 2 aliphatic heterocycles. The van der Waals surface area contributed by atoms with Crippen molar-refractivity contribution in [3.63, 3.8) is 0 Å².